The van der Waals surface area contributed by atoms with Gasteiger partial charge in [-0.05, 0) is 34.6 Å². The highest BCUT2D eigenvalue weighted by molar-refractivity contribution is 9.10. The van der Waals surface area contributed by atoms with Crippen molar-refractivity contribution >= 4 is 27.3 Å². The highest BCUT2D eigenvalue weighted by atomic mass is 79.9. The van der Waals surface area contributed by atoms with Gasteiger partial charge in [0.25, 0.3) is 0 Å². The minimum atomic E-state index is 0.845. The van der Waals surface area contributed by atoms with Crippen molar-refractivity contribution < 1.29 is 0 Å². The fourth-order valence-electron chi connectivity index (χ4n) is 1.44. The zero-order valence-corrected chi connectivity index (χ0v) is 11.5. The van der Waals surface area contributed by atoms with Crippen molar-refractivity contribution in [3.05, 3.63) is 38.8 Å². The lowest BCUT2D eigenvalue weighted by Crippen LogP contribution is -2.12. The number of hydrogen-bond acceptors (Lipinski definition) is 3. The van der Waals surface area contributed by atoms with E-state index >= 15 is 0 Å². The molecule has 3 nitrogen and oxygen atoms in total. The van der Waals surface area contributed by atoms with Crippen LogP contribution in [0, 0.1) is 0 Å². The first-order chi connectivity index (χ1) is 7.78. The number of nitrogens with one attached hydrogen (secondary N) is 1. The molecule has 2 heterocycles. The molecule has 0 unspecified atom stereocenters. The molecule has 0 radical (unpaired) electrons. The third kappa shape index (κ3) is 3.17. The fourth-order valence-corrected chi connectivity index (χ4v) is 2.88. The standard InChI is InChI=1S/C11H14BrN3S/c1-2-13-6-10-3-4-15(14-10)7-11-5-9(12)8-16-11/h3-5,8,13H,2,6-7H2,1H3. The molecular formula is C11H14BrN3S. The molecule has 0 atom stereocenters. The quantitative estimate of drug-likeness (QED) is 0.920. The van der Waals surface area contributed by atoms with Crippen LogP contribution < -0.4 is 5.32 Å². The summed E-state index contributed by atoms with van der Waals surface area (Å²) in [5.41, 5.74) is 1.09. The van der Waals surface area contributed by atoms with Gasteiger partial charge in [0.05, 0.1) is 12.2 Å². The van der Waals surface area contributed by atoms with E-state index in [-0.39, 0.29) is 0 Å². The second-order valence-corrected chi connectivity index (χ2v) is 5.43. The summed E-state index contributed by atoms with van der Waals surface area (Å²) >= 11 is 5.20. The van der Waals surface area contributed by atoms with E-state index < -0.39 is 0 Å². The van der Waals surface area contributed by atoms with E-state index in [1.165, 1.54) is 4.88 Å². The van der Waals surface area contributed by atoms with Gasteiger partial charge in [-0.2, -0.15) is 5.10 Å². The first-order valence-corrected chi connectivity index (χ1v) is 6.91. The van der Waals surface area contributed by atoms with E-state index in [2.05, 4.69) is 50.8 Å². The minimum Gasteiger partial charge on any atom is -0.311 e. The Hall–Kier alpha value is -0.650. The average molecular weight is 300 g/mol. The molecule has 16 heavy (non-hydrogen) atoms. The molecule has 0 amide bonds. The Labute approximate surface area is 108 Å². The summed E-state index contributed by atoms with van der Waals surface area (Å²) < 4.78 is 3.12. The van der Waals surface area contributed by atoms with Gasteiger partial charge >= 0.3 is 0 Å². The van der Waals surface area contributed by atoms with Gasteiger partial charge in [-0.3, -0.25) is 4.68 Å². The normalized spacial score (nSPS) is 10.9. The van der Waals surface area contributed by atoms with Gasteiger partial charge in [-0.25, -0.2) is 0 Å². The van der Waals surface area contributed by atoms with Crippen molar-refractivity contribution in [2.24, 2.45) is 0 Å². The van der Waals surface area contributed by atoms with Crippen molar-refractivity contribution in [2.75, 3.05) is 6.54 Å². The molecule has 5 heteroatoms. The molecule has 0 bridgehead atoms. The molecule has 86 valence electrons. The molecule has 2 rings (SSSR count). The minimum absolute atomic E-state index is 0.845. The van der Waals surface area contributed by atoms with E-state index in [0.29, 0.717) is 0 Å². The lowest BCUT2D eigenvalue weighted by molar-refractivity contribution is 0.648. The second-order valence-electron chi connectivity index (χ2n) is 3.52. The van der Waals surface area contributed by atoms with E-state index in [4.69, 9.17) is 0 Å². The van der Waals surface area contributed by atoms with Crippen LogP contribution in [0.5, 0.6) is 0 Å². The van der Waals surface area contributed by atoms with Crippen LogP contribution in [0.4, 0.5) is 0 Å². The van der Waals surface area contributed by atoms with Crippen molar-refractivity contribution in [3.63, 3.8) is 0 Å². The van der Waals surface area contributed by atoms with Gasteiger partial charge in [0.15, 0.2) is 0 Å². The number of nitrogens with zero attached hydrogens (tertiary/aromatic N) is 2. The van der Waals surface area contributed by atoms with E-state index in [9.17, 15) is 0 Å². The Balaban J connectivity index is 1.97. The Bertz CT molecular complexity index is 450. The number of aromatic nitrogens is 2. The molecule has 0 spiro atoms. The van der Waals surface area contributed by atoms with E-state index in [0.717, 1.165) is 29.8 Å². The maximum atomic E-state index is 4.50. The largest absolute Gasteiger partial charge is 0.311 e. The molecular weight excluding hydrogens is 286 g/mol. The van der Waals surface area contributed by atoms with Crippen LogP contribution in [0.2, 0.25) is 0 Å². The summed E-state index contributed by atoms with van der Waals surface area (Å²) in [6, 6.07) is 4.20. The van der Waals surface area contributed by atoms with Crippen LogP contribution in [0.1, 0.15) is 17.5 Å². The maximum Gasteiger partial charge on any atom is 0.0762 e. The SMILES string of the molecule is CCNCc1ccn(Cc2cc(Br)cs2)n1. The summed E-state index contributed by atoms with van der Waals surface area (Å²) in [6.07, 6.45) is 2.03. The fraction of sp³-hybridized carbons (Fsp3) is 0.364. The number of rotatable bonds is 5. The summed E-state index contributed by atoms with van der Waals surface area (Å²) in [5.74, 6) is 0. The number of thiophene rings is 1. The predicted octanol–water partition coefficient (Wildman–Crippen LogP) is 2.86. The summed E-state index contributed by atoms with van der Waals surface area (Å²) in [5, 5.41) is 9.86. The molecule has 0 saturated heterocycles. The number of hydrogen-bond donors (Lipinski definition) is 1. The van der Waals surface area contributed by atoms with Crippen molar-refractivity contribution in [1.29, 1.82) is 0 Å². The van der Waals surface area contributed by atoms with Gasteiger partial charge in [0.2, 0.25) is 0 Å². The monoisotopic (exact) mass is 299 g/mol. The topological polar surface area (TPSA) is 29.9 Å². The van der Waals surface area contributed by atoms with Crippen molar-refractivity contribution in [1.82, 2.24) is 15.1 Å². The Morgan fingerprint density at radius 1 is 1.56 bits per heavy atom. The Kier molecular flexibility index (Phi) is 4.15. The molecule has 2 aromatic heterocycles. The van der Waals surface area contributed by atoms with Gasteiger partial charge < -0.3 is 5.32 Å². The third-order valence-electron chi connectivity index (χ3n) is 2.19. The van der Waals surface area contributed by atoms with Crippen LogP contribution in [0.15, 0.2) is 28.2 Å². The number of halogens is 1. The summed E-state index contributed by atoms with van der Waals surface area (Å²) in [6.45, 7) is 4.77. The first kappa shape index (κ1) is 11.8. The van der Waals surface area contributed by atoms with Gasteiger partial charge in [-0.15, -0.1) is 11.3 Å². The molecule has 0 aromatic carbocycles. The predicted molar refractivity (Wildman–Crippen MR) is 70.7 cm³/mol. The van der Waals surface area contributed by atoms with Crippen LogP contribution in [-0.4, -0.2) is 16.3 Å². The molecule has 0 aliphatic carbocycles. The lowest BCUT2D eigenvalue weighted by atomic mass is 10.4. The molecule has 0 fully saturated rings. The third-order valence-corrected chi connectivity index (χ3v) is 3.87. The first-order valence-electron chi connectivity index (χ1n) is 5.24. The smallest absolute Gasteiger partial charge is 0.0762 e. The van der Waals surface area contributed by atoms with Gasteiger partial charge in [0, 0.05) is 27.5 Å². The van der Waals surface area contributed by atoms with Gasteiger partial charge in [0.1, 0.15) is 0 Å². The molecule has 0 aliphatic heterocycles. The maximum absolute atomic E-state index is 4.50. The zero-order chi connectivity index (χ0) is 11.4. The van der Waals surface area contributed by atoms with Crippen LogP contribution in [0.3, 0.4) is 0 Å². The van der Waals surface area contributed by atoms with E-state index in [1.807, 2.05) is 10.9 Å². The van der Waals surface area contributed by atoms with Crippen LogP contribution >= 0.6 is 27.3 Å². The zero-order valence-electron chi connectivity index (χ0n) is 9.11. The van der Waals surface area contributed by atoms with Crippen LogP contribution in [-0.2, 0) is 13.1 Å². The molecule has 0 saturated carbocycles. The van der Waals surface area contributed by atoms with Crippen molar-refractivity contribution in [3.8, 4) is 0 Å². The van der Waals surface area contributed by atoms with Crippen molar-refractivity contribution in [2.45, 2.75) is 20.0 Å². The highest BCUT2D eigenvalue weighted by Gasteiger charge is 2.01. The molecule has 2 aromatic rings. The van der Waals surface area contributed by atoms with Crippen LogP contribution in [0.25, 0.3) is 0 Å². The molecule has 1 N–H and O–H groups in total. The summed E-state index contributed by atoms with van der Waals surface area (Å²) in [4.78, 5) is 1.31. The summed E-state index contributed by atoms with van der Waals surface area (Å²) in [7, 11) is 0. The molecule has 0 aliphatic rings. The second kappa shape index (κ2) is 5.61. The Morgan fingerprint density at radius 2 is 2.44 bits per heavy atom. The Morgan fingerprint density at radius 3 is 3.12 bits per heavy atom. The highest BCUT2D eigenvalue weighted by Crippen LogP contribution is 2.20. The average Bonchev–Trinajstić information content (AvgIpc) is 2.86. The lowest BCUT2D eigenvalue weighted by Gasteiger charge is -1.99. The van der Waals surface area contributed by atoms with Gasteiger partial charge in [-0.1, -0.05) is 6.92 Å². The van der Waals surface area contributed by atoms with E-state index in [1.54, 1.807) is 11.3 Å².